The van der Waals surface area contributed by atoms with Crippen molar-refractivity contribution in [2.24, 2.45) is 11.3 Å². The van der Waals surface area contributed by atoms with E-state index in [0.717, 1.165) is 5.56 Å². The highest BCUT2D eigenvalue weighted by Crippen LogP contribution is 2.35. The Hall–Kier alpha value is -3.63. The number of nitrogens with one attached hydrogen (secondary N) is 2. The first-order valence-electron chi connectivity index (χ1n) is 16.6. The number of carbonyl (C=O) groups is 2. The molecule has 3 N–H and O–H groups in total. The quantitative estimate of drug-likeness (QED) is 0.233. The molecule has 2 fully saturated rings. The Morgan fingerprint density at radius 2 is 1.80 bits per heavy atom. The molecule has 0 radical (unpaired) electrons. The molecular weight excluding hydrogens is 658 g/mol. The predicted molar refractivity (Wildman–Crippen MR) is 177 cm³/mol. The van der Waals surface area contributed by atoms with Gasteiger partial charge in [0.1, 0.15) is 19.3 Å². The van der Waals surface area contributed by atoms with E-state index >= 15 is 0 Å². The summed E-state index contributed by atoms with van der Waals surface area (Å²) in [6.45, 7) is 5.27. The fourth-order valence-electron chi connectivity index (χ4n) is 6.32. The molecule has 2 amide bonds. The average Bonchev–Trinajstić information content (AvgIpc) is 3.71. The van der Waals surface area contributed by atoms with Crippen molar-refractivity contribution in [2.75, 3.05) is 53.2 Å². The molecule has 5 rings (SSSR count). The van der Waals surface area contributed by atoms with Gasteiger partial charge in [-0.3, -0.25) is 0 Å². The summed E-state index contributed by atoms with van der Waals surface area (Å²) in [7, 11) is -2.91. The first kappa shape index (κ1) is 36.6. The van der Waals surface area contributed by atoms with Gasteiger partial charge in [-0.2, -0.15) is 4.31 Å². The monoisotopic (exact) mass is 705 g/mol. The number of aliphatic hydroxyl groups excluding tert-OH is 1. The lowest BCUT2D eigenvalue weighted by atomic mass is 9.87. The largest absolute Gasteiger partial charge is 0.486 e. The Morgan fingerprint density at radius 1 is 1.04 bits per heavy atom. The minimum atomic E-state index is -4.20. The summed E-state index contributed by atoms with van der Waals surface area (Å²) >= 11 is 0. The Kier molecular flexibility index (Phi) is 12.3. The first-order valence-corrected chi connectivity index (χ1v) is 18.0. The van der Waals surface area contributed by atoms with Crippen LogP contribution >= 0.6 is 0 Å². The van der Waals surface area contributed by atoms with Gasteiger partial charge < -0.3 is 44.2 Å². The van der Waals surface area contributed by atoms with Crippen molar-refractivity contribution in [1.82, 2.24) is 14.9 Å². The third-order valence-electron chi connectivity index (χ3n) is 8.94. The molecule has 270 valence electrons. The van der Waals surface area contributed by atoms with E-state index in [1.54, 1.807) is 6.07 Å². The molecule has 2 aromatic carbocycles. The van der Waals surface area contributed by atoms with E-state index < -0.39 is 52.2 Å². The standard InChI is InChI=1S/C34H47N3O11S/c1-34(2,13-7-14-35-32(39)43-3)22-37(49(41,42)24-10-11-28-29(19-24)45-17-16-44-28)20-27(38)26(18-23-8-5-4-6-9-23)36-33(40)48-30-21-47-31-25(30)12-15-46-31/h4-6,8-11,19,25-27,30-31,38H,7,12-18,20-22H2,1-3H3,(H,35,39)(H,36,40)/t25-,26-,27+,30-,31+/m0/s1. The van der Waals surface area contributed by atoms with Crippen LogP contribution in [-0.2, 0) is 35.4 Å². The fourth-order valence-corrected chi connectivity index (χ4v) is 7.99. The number of rotatable bonds is 15. The van der Waals surface area contributed by atoms with Gasteiger partial charge in [-0.15, -0.1) is 0 Å². The lowest BCUT2D eigenvalue weighted by Crippen LogP contribution is -2.52. The lowest BCUT2D eigenvalue weighted by Gasteiger charge is -2.35. The predicted octanol–water partition coefficient (Wildman–Crippen LogP) is 3.07. The molecule has 49 heavy (non-hydrogen) atoms. The van der Waals surface area contributed by atoms with Crippen LogP contribution in [0.25, 0.3) is 0 Å². The molecule has 0 spiro atoms. The molecular formula is C34H47N3O11S. The lowest BCUT2D eigenvalue weighted by molar-refractivity contribution is -0.0907. The van der Waals surface area contributed by atoms with Crippen molar-refractivity contribution in [1.29, 1.82) is 0 Å². The van der Waals surface area contributed by atoms with E-state index in [1.165, 1.54) is 23.5 Å². The molecule has 3 aliphatic heterocycles. The molecule has 2 saturated heterocycles. The van der Waals surface area contributed by atoms with Crippen molar-refractivity contribution in [3.8, 4) is 11.5 Å². The van der Waals surface area contributed by atoms with Gasteiger partial charge >= 0.3 is 12.2 Å². The van der Waals surface area contributed by atoms with Gasteiger partial charge in [0, 0.05) is 25.7 Å². The third kappa shape index (κ3) is 9.75. The number of nitrogens with zero attached hydrogens (tertiary/aromatic N) is 1. The number of sulfonamides is 1. The maximum atomic E-state index is 14.3. The van der Waals surface area contributed by atoms with Gasteiger partial charge in [-0.25, -0.2) is 18.0 Å². The van der Waals surface area contributed by atoms with Crippen LogP contribution < -0.4 is 20.1 Å². The fraction of sp³-hybridized carbons (Fsp3) is 0.588. The number of benzene rings is 2. The number of carbonyl (C=O) groups excluding carboxylic acids is 2. The molecule has 0 aliphatic carbocycles. The minimum Gasteiger partial charge on any atom is -0.486 e. The summed E-state index contributed by atoms with van der Waals surface area (Å²) in [6, 6.07) is 12.8. The summed E-state index contributed by atoms with van der Waals surface area (Å²) in [5.74, 6) is 0.696. The first-order chi connectivity index (χ1) is 23.4. The van der Waals surface area contributed by atoms with Crippen molar-refractivity contribution in [3.05, 3.63) is 54.1 Å². The number of alkyl carbamates (subject to hydrolysis) is 2. The van der Waals surface area contributed by atoms with E-state index in [2.05, 4.69) is 15.4 Å². The van der Waals surface area contributed by atoms with E-state index in [9.17, 15) is 23.1 Å². The van der Waals surface area contributed by atoms with Gasteiger partial charge in [0.25, 0.3) is 0 Å². The van der Waals surface area contributed by atoms with Crippen molar-refractivity contribution >= 4 is 22.2 Å². The number of amides is 2. The van der Waals surface area contributed by atoms with Crippen LogP contribution in [0.2, 0.25) is 0 Å². The van der Waals surface area contributed by atoms with Gasteiger partial charge in [0.05, 0.1) is 43.3 Å². The number of methoxy groups -OCH3 is 1. The highest BCUT2D eigenvalue weighted by Gasteiger charge is 2.44. The Morgan fingerprint density at radius 3 is 2.55 bits per heavy atom. The van der Waals surface area contributed by atoms with E-state index in [0.29, 0.717) is 50.5 Å². The van der Waals surface area contributed by atoms with Crippen LogP contribution in [0, 0.1) is 11.3 Å². The number of hydrogen-bond donors (Lipinski definition) is 3. The van der Waals surface area contributed by atoms with Crippen LogP contribution in [-0.4, -0.2) is 108 Å². The molecule has 0 aromatic heterocycles. The highest BCUT2D eigenvalue weighted by molar-refractivity contribution is 7.89. The van der Waals surface area contributed by atoms with Crippen molar-refractivity contribution in [2.45, 2.75) is 69.0 Å². The number of fused-ring (bicyclic) bond motifs is 2. The molecule has 0 saturated carbocycles. The number of aliphatic hydroxyl groups is 1. The molecule has 5 atom stereocenters. The molecule has 15 heteroatoms. The van der Waals surface area contributed by atoms with Gasteiger partial charge in [0.15, 0.2) is 17.8 Å². The average molecular weight is 706 g/mol. The Balaban J connectivity index is 1.36. The molecule has 0 bridgehead atoms. The molecule has 3 heterocycles. The van der Waals surface area contributed by atoms with Gasteiger partial charge in [-0.1, -0.05) is 44.2 Å². The maximum absolute atomic E-state index is 14.3. The molecule has 2 aromatic rings. The van der Waals surface area contributed by atoms with Gasteiger partial charge in [0.2, 0.25) is 10.0 Å². The topological polar surface area (TPSA) is 171 Å². The van der Waals surface area contributed by atoms with E-state index in [1.807, 2.05) is 44.2 Å². The second-order valence-corrected chi connectivity index (χ2v) is 15.2. The summed E-state index contributed by atoms with van der Waals surface area (Å²) < 4.78 is 62.7. The van der Waals surface area contributed by atoms with Crippen LogP contribution in [0.4, 0.5) is 9.59 Å². The second kappa shape index (κ2) is 16.4. The minimum absolute atomic E-state index is 0.0198. The van der Waals surface area contributed by atoms with Crippen LogP contribution in [0.15, 0.2) is 53.4 Å². The summed E-state index contributed by atoms with van der Waals surface area (Å²) in [5.41, 5.74) is 0.252. The zero-order valence-corrected chi connectivity index (χ0v) is 29.0. The van der Waals surface area contributed by atoms with E-state index in [4.69, 9.17) is 23.7 Å². The molecule has 0 unspecified atom stereocenters. The maximum Gasteiger partial charge on any atom is 0.407 e. The molecule has 3 aliphatic rings. The highest BCUT2D eigenvalue weighted by atomic mass is 32.2. The zero-order chi connectivity index (χ0) is 35.0. The smallest absolute Gasteiger partial charge is 0.407 e. The van der Waals surface area contributed by atoms with Crippen LogP contribution in [0.5, 0.6) is 11.5 Å². The summed E-state index contributed by atoms with van der Waals surface area (Å²) in [5, 5.41) is 17.2. The SMILES string of the molecule is COC(=O)NCCCC(C)(C)CN(C[C@@H](O)[C@H](Cc1ccccc1)NC(=O)O[C@H]1CO[C@H]2OCC[C@H]21)S(=O)(=O)c1ccc2c(c1)OCCO2. The van der Waals surface area contributed by atoms with Crippen LogP contribution in [0.1, 0.15) is 38.7 Å². The molecule has 14 nitrogen and oxygen atoms in total. The van der Waals surface area contributed by atoms with E-state index in [-0.39, 0.29) is 43.5 Å². The van der Waals surface area contributed by atoms with Crippen LogP contribution in [0.3, 0.4) is 0 Å². The number of ether oxygens (including phenoxy) is 6. The van der Waals surface area contributed by atoms with Gasteiger partial charge in [-0.05, 0) is 48.8 Å². The normalized spacial score (nSPS) is 21.4. The summed E-state index contributed by atoms with van der Waals surface area (Å²) in [4.78, 5) is 24.7. The van der Waals surface area contributed by atoms with Crippen molar-refractivity contribution < 1.29 is 51.5 Å². The van der Waals surface area contributed by atoms with Crippen molar-refractivity contribution in [3.63, 3.8) is 0 Å². The Bertz CT molecular complexity index is 1520. The Labute approximate surface area is 287 Å². The second-order valence-electron chi connectivity index (χ2n) is 13.3. The summed E-state index contributed by atoms with van der Waals surface area (Å²) in [6.07, 6.45) is -1.48. The third-order valence-corrected chi connectivity index (χ3v) is 10.7. The zero-order valence-electron chi connectivity index (χ0n) is 28.2. The number of hydrogen-bond acceptors (Lipinski definition) is 11.